The van der Waals surface area contributed by atoms with Crippen molar-refractivity contribution in [2.45, 2.75) is 39.2 Å². The van der Waals surface area contributed by atoms with Gasteiger partial charge in [0.15, 0.2) is 0 Å². The summed E-state index contributed by atoms with van der Waals surface area (Å²) in [4.78, 5) is 2.33. The summed E-state index contributed by atoms with van der Waals surface area (Å²) in [5.74, 6) is 0.746. The number of hydrogen-bond donors (Lipinski definition) is 0. The molecule has 1 saturated heterocycles. The van der Waals surface area contributed by atoms with Crippen molar-refractivity contribution in [2.24, 2.45) is 5.92 Å². The quantitative estimate of drug-likeness (QED) is 0.560. The van der Waals surface area contributed by atoms with Crippen LogP contribution in [-0.4, -0.2) is 18.0 Å². The van der Waals surface area contributed by atoms with Crippen LogP contribution in [0.2, 0.25) is 0 Å². The third kappa shape index (κ3) is 1.58. The van der Waals surface area contributed by atoms with E-state index in [1.54, 1.807) is 0 Å². The summed E-state index contributed by atoms with van der Waals surface area (Å²) >= 11 is 0. The lowest BCUT2D eigenvalue weighted by Gasteiger charge is -2.38. The van der Waals surface area contributed by atoms with Crippen LogP contribution in [-0.2, 0) is 0 Å². The van der Waals surface area contributed by atoms with Crippen LogP contribution >= 0.6 is 0 Å². The van der Waals surface area contributed by atoms with Crippen molar-refractivity contribution in [3.63, 3.8) is 0 Å². The van der Waals surface area contributed by atoms with Gasteiger partial charge >= 0.3 is 0 Å². The average molecular weight is 153 g/mol. The molecule has 1 aliphatic heterocycles. The van der Waals surface area contributed by atoms with Crippen molar-refractivity contribution in [3.8, 4) is 0 Å². The molecule has 0 bridgehead atoms. The predicted molar refractivity (Wildman–Crippen MR) is 49.4 cm³/mol. The molecule has 0 radical (unpaired) electrons. The van der Waals surface area contributed by atoms with E-state index in [9.17, 15) is 0 Å². The van der Waals surface area contributed by atoms with Gasteiger partial charge < -0.3 is 4.90 Å². The van der Waals surface area contributed by atoms with E-state index in [4.69, 9.17) is 0 Å². The Bertz CT molecular complexity index is 147. The second-order valence-corrected chi connectivity index (χ2v) is 3.63. The summed E-state index contributed by atoms with van der Waals surface area (Å²) in [6.07, 6.45) is 3.91. The molecule has 1 rings (SSSR count). The molecule has 0 aromatic rings. The summed E-state index contributed by atoms with van der Waals surface area (Å²) in [6, 6.07) is 0.699. The van der Waals surface area contributed by atoms with Gasteiger partial charge in [-0.05, 0) is 32.1 Å². The number of hydrogen-bond acceptors (Lipinski definition) is 1. The second-order valence-electron chi connectivity index (χ2n) is 3.63. The largest absolute Gasteiger partial charge is 0.375 e. The highest BCUT2D eigenvalue weighted by Crippen LogP contribution is 2.30. The standard InChI is InChI=1S/C10H19N/c1-5-10-7-6-8(2)11(4)9(10)3/h8,10H,3,5-7H2,1-2,4H3. The van der Waals surface area contributed by atoms with E-state index < -0.39 is 0 Å². The van der Waals surface area contributed by atoms with Crippen LogP contribution in [0.5, 0.6) is 0 Å². The van der Waals surface area contributed by atoms with Crippen LogP contribution in [0.3, 0.4) is 0 Å². The predicted octanol–water partition coefficient (Wildman–Crippen LogP) is 2.64. The molecule has 0 aromatic carbocycles. The second kappa shape index (κ2) is 3.29. The van der Waals surface area contributed by atoms with Crippen LogP contribution in [0, 0.1) is 5.92 Å². The van der Waals surface area contributed by atoms with Crippen molar-refractivity contribution < 1.29 is 0 Å². The maximum atomic E-state index is 4.12. The fraction of sp³-hybridized carbons (Fsp3) is 0.800. The minimum Gasteiger partial charge on any atom is -0.375 e. The smallest absolute Gasteiger partial charge is 0.0255 e. The molecule has 2 unspecified atom stereocenters. The van der Waals surface area contributed by atoms with E-state index in [1.165, 1.54) is 25.0 Å². The topological polar surface area (TPSA) is 3.24 Å². The van der Waals surface area contributed by atoms with E-state index >= 15 is 0 Å². The normalized spacial score (nSPS) is 32.6. The molecule has 0 aliphatic carbocycles. The van der Waals surface area contributed by atoms with Gasteiger partial charge in [0.25, 0.3) is 0 Å². The van der Waals surface area contributed by atoms with Crippen molar-refractivity contribution in [3.05, 3.63) is 12.3 Å². The zero-order valence-electron chi connectivity index (χ0n) is 7.93. The summed E-state index contributed by atoms with van der Waals surface area (Å²) in [5.41, 5.74) is 1.34. The number of nitrogens with zero attached hydrogens (tertiary/aromatic N) is 1. The van der Waals surface area contributed by atoms with Crippen molar-refractivity contribution in [1.29, 1.82) is 0 Å². The maximum absolute atomic E-state index is 4.12. The third-order valence-electron chi connectivity index (χ3n) is 3.01. The number of rotatable bonds is 1. The van der Waals surface area contributed by atoms with Crippen LogP contribution in [0.15, 0.2) is 12.3 Å². The van der Waals surface area contributed by atoms with Gasteiger partial charge in [0.1, 0.15) is 0 Å². The van der Waals surface area contributed by atoms with E-state index in [2.05, 4.69) is 32.4 Å². The first kappa shape index (κ1) is 8.63. The molecule has 0 amide bonds. The van der Waals surface area contributed by atoms with Gasteiger partial charge in [-0.2, -0.15) is 0 Å². The van der Waals surface area contributed by atoms with Crippen LogP contribution in [0.1, 0.15) is 33.1 Å². The van der Waals surface area contributed by atoms with Crippen molar-refractivity contribution in [2.75, 3.05) is 7.05 Å². The lowest BCUT2D eigenvalue weighted by Crippen LogP contribution is -2.36. The zero-order valence-corrected chi connectivity index (χ0v) is 7.93. The highest BCUT2D eigenvalue weighted by molar-refractivity contribution is 5.03. The molecule has 1 heterocycles. The molecule has 11 heavy (non-hydrogen) atoms. The number of likely N-dealkylation sites (tertiary alicyclic amines) is 1. The summed E-state index contributed by atoms with van der Waals surface area (Å²) in [7, 11) is 2.16. The Morgan fingerprint density at radius 3 is 2.73 bits per heavy atom. The molecule has 0 spiro atoms. The maximum Gasteiger partial charge on any atom is 0.0255 e. The van der Waals surface area contributed by atoms with Gasteiger partial charge in [0.2, 0.25) is 0 Å². The molecule has 2 atom stereocenters. The van der Waals surface area contributed by atoms with Gasteiger partial charge in [-0.1, -0.05) is 13.5 Å². The first-order valence-corrected chi connectivity index (χ1v) is 4.58. The highest BCUT2D eigenvalue weighted by Gasteiger charge is 2.23. The Labute approximate surface area is 70.1 Å². The van der Waals surface area contributed by atoms with Crippen molar-refractivity contribution in [1.82, 2.24) is 4.90 Å². The molecular weight excluding hydrogens is 134 g/mol. The molecular formula is C10H19N. The Morgan fingerprint density at radius 1 is 1.55 bits per heavy atom. The molecule has 0 N–H and O–H groups in total. The lowest BCUT2D eigenvalue weighted by molar-refractivity contribution is 0.209. The Morgan fingerprint density at radius 2 is 2.18 bits per heavy atom. The number of allylic oxidation sites excluding steroid dienone is 1. The minimum atomic E-state index is 0.699. The van der Waals surface area contributed by atoms with Gasteiger partial charge in [0.05, 0.1) is 0 Å². The fourth-order valence-corrected chi connectivity index (χ4v) is 1.81. The SMILES string of the molecule is C=C1C(CC)CCC(C)N1C. The van der Waals surface area contributed by atoms with Crippen molar-refractivity contribution >= 4 is 0 Å². The summed E-state index contributed by atoms with van der Waals surface area (Å²) in [6.45, 7) is 8.65. The highest BCUT2D eigenvalue weighted by atomic mass is 15.1. The Balaban J connectivity index is 2.59. The first-order chi connectivity index (χ1) is 5.16. The minimum absolute atomic E-state index is 0.699. The van der Waals surface area contributed by atoms with E-state index in [0.29, 0.717) is 6.04 Å². The molecule has 0 aromatic heterocycles. The van der Waals surface area contributed by atoms with Gasteiger partial charge in [-0.15, -0.1) is 0 Å². The first-order valence-electron chi connectivity index (χ1n) is 4.58. The molecule has 64 valence electrons. The molecule has 1 aliphatic rings. The average Bonchev–Trinajstić information content (AvgIpc) is 2.01. The fourth-order valence-electron chi connectivity index (χ4n) is 1.81. The van der Waals surface area contributed by atoms with Gasteiger partial charge in [-0.3, -0.25) is 0 Å². The third-order valence-corrected chi connectivity index (χ3v) is 3.01. The van der Waals surface area contributed by atoms with Crippen LogP contribution < -0.4 is 0 Å². The zero-order chi connectivity index (χ0) is 8.43. The Kier molecular flexibility index (Phi) is 2.58. The van der Waals surface area contributed by atoms with Gasteiger partial charge in [0, 0.05) is 18.8 Å². The monoisotopic (exact) mass is 153 g/mol. The summed E-state index contributed by atoms with van der Waals surface area (Å²) in [5, 5.41) is 0. The molecule has 1 fully saturated rings. The molecule has 1 nitrogen and oxygen atoms in total. The van der Waals surface area contributed by atoms with Crippen LogP contribution in [0.4, 0.5) is 0 Å². The lowest BCUT2D eigenvalue weighted by atomic mass is 9.89. The Hall–Kier alpha value is -0.460. The van der Waals surface area contributed by atoms with Gasteiger partial charge in [-0.25, -0.2) is 0 Å². The molecule has 1 heteroatoms. The van der Waals surface area contributed by atoms with E-state index in [-0.39, 0.29) is 0 Å². The van der Waals surface area contributed by atoms with E-state index in [0.717, 1.165) is 5.92 Å². The summed E-state index contributed by atoms with van der Waals surface area (Å²) < 4.78 is 0. The number of piperidine rings is 1. The van der Waals surface area contributed by atoms with Crippen LogP contribution in [0.25, 0.3) is 0 Å². The molecule has 0 saturated carbocycles. The van der Waals surface area contributed by atoms with E-state index in [1.807, 2.05) is 0 Å².